The maximum atomic E-state index is 12.9. The normalized spacial score (nSPS) is 25.3. The second-order valence-electron chi connectivity index (χ2n) is 8.60. The molecule has 174 valence electrons. The molecule has 2 aromatic rings. The van der Waals surface area contributed by atoms with Crippen LogP contribution in [-0.2, 0) is 16.2 Å². The monoisotopic (exact) mass is 587 g/mol. The van der Waals surface area contributed by atoms with Crippen molar-refractivity contribution < 1.29 is 19.2 Å². The van der Waals surface area contributed by atoms with Gasteiger partial charge in [-0.05, 0) is 91.9 Å². The summed E-state index contributed by atoms with van der Waals surface area (Å²) in [4.78, 5) is 36.2. The molecule has 8 nitrogen and oxygen atoms in total. The van der Waals surface area contributed by atoms with Gasteiger partial charge in [-0.1, -0.05) is 12.2 Å². The Labute approximate surface area is 212 Å². The number of amides is 2. The molecule has 1 heterocycles. The minimum atomic E-state index is -0.448. The number of rotatable bonds is 6. The Kier molecular flexibility index (Phi) is 6.11. The molecule has 4 atom stereocenters. The second kappa shape index (κ2) is 9.07. The highest BCUT2D eigenvalue weighted by Crippen LogP contribution is 2.49. The molecule has 0 aromatic heterocycles. The molecular formula is C24H19Br2N3O5. The first kappa shape index (κ1) is 22.9. The third kappa shape index (κ3) is 4.09. The van der Waals surface area contributed by atoms with Gasteiger partial charge < -0.3 is 4.74 Å². The fraction of sp³-hybridized carbons (Fsp3) is 0.292. The number of hydrogen-bond donors (Lipinski definition) is 0. The molecule has 6 rings (SSSR count). The Bertz CT molecular complexity index is 1190. The van der Waals surface area contributed by atoms with Crippen molar-refractivity contribution in [3.05, 3.63) is 78.7 Å². The van der Waals surface area contributed by atoms with Gasteiger partial charge in [0.25, 0.3) is 17.5 Å². The lowest BCUT2D eigenvalue weighted by Crippen LogP contribution is -2.38. The number of benzene rings is 2. The minimum Gasteiger partial charge on any atom is -0.487 e. The lowest BCUT2D eigenvalue weighted by molar-refractivity contribution is -0.384. The molecule has 0 radical (unpaired) electrons. The smallest absolute Gasteiger partial charge is 0.269 e. The Balaban J connectivity index is 1.29. The van der Waals surface area contributed by atoms with Gasteiger partial charge in [-0.2, -0.15) is 10.1 Å². The van der Waals surface area contributed by atoms with Crippen LogP contribution in [-0.4, -0.2) is 28.0 Å². The van der Waals surface area contributed by atoms with Crippen LogP contribution in [0.4, 0.5) is 5.69 Å². The molecule has 4 aliphatic rings. The van der Waals surface area contributed by atoms with Crippen molar-refractivity contribution in [2.24, 2.45) is 28.8 Å². The van der Waals surface area contributed by atoms with E-state index in [0.717, 1.165) is 23.4 Å². The Morgan fingerprint density at radius 3 is 2.09 bits per heavy atom. The molecule has 2 amide bonds. The van der Waals surface area contributed by atoms with E-state index in [4.69, 9.17) is 4.74 Å². The van der Waals surface area contributed by atoms with Gasteiger partial charge >= 0.3 is 0 Å². The van der Waals surface area contributed by atoms with Crippen LogP contribution in [0.2, 0.25) is 0 Å². The summed E-state index contributed by atoms with van der Waals surface area (Å²) >= 11 is 6.98. The number of non-ortho nitro benzene ring substituents is 1. The standard InChI is InChI=1S/C24H19Br2N3O5/c25-18-9-14(10-19(26)22(18)34-12-13-1-7-17(8-2-13)29(32)33)11-27-28-23(30)20-15-3-4-16(6-5-15)21(20)24(28)31/h1-4,7-11,15-16,20-21H,5-6,12H2/b27-11-/t15-,16-,20-,21-/m0/s1. The molecule has 1 saturated heterocycles. The van der Waals surface area contributed by atoms with E-state index in [9.17, 15) is 19.7 Å². The molecule has 3 aliphatic carbocycles. The highest BCUT2D eigenvalue weighted by molar-refractivity contribution is 9.11. The number of nitro benzene ring substituents is 1. The average Bonchev–Trinajstić information content (AvgIpc) is 3.10. The lowest BCUT2D eigenvalue weighted by atomic mass is 9.63. The summed E-state index contributed by atoms with van der Waals surface area (Å²) in [6.07, 6.45) is 7.55. The number of fused-ring (bicyclic) bond motifs is 1. The van der Waals surface area contributed by atoms with Gasteiger partial charge in [0, 0.05) is 12.1 Å². The molecule has 1 saturated carbocycles. The first-order valence-corrected chi connectivity index (χ1v) is 12.4. The molecule has 2 aromatic carbocycles. The number of nitro groups is 1. The lowest BCUT2D eigenvalue weighted by Gasteiger charge is -2.37. The van der Waals surface area contributed by atoms with E-state index < -0.39 is 4.92 Å². The van der Waals surface area contributed by atoms with Crippen molar-refractivity contribution in [1.29, 1.82) is 0 Å². The first-order valence-electron chi connectivity index (χ1n) is 10.8. The molecule has 0 N–H and O–H groups in total. The quantitative estimate of drug-likeness (QED) is 0.151. The van der Waals surface area contributed by atoms with E-state index in [1.54, 1.807) is 24.3 Å². The van der Waals surface area contributed by atoms with Gasteiger partial charge in [-0.25, -0.2) is 0 Å². The van der Waals surface area contributed by atoms with Crippen LogP contribution in [0.15, 0.2) is 62.6 Å². The van der Waals surface area contributed by atoms with Crippen LogP contribution in [0.5, 0.6) is 5.75 Å². The van der Waals surface area contributed by atoms with Crippen molar-refractivity contribution in [2.75, 3.05) is 0 Å². The number of carbonyl (C=O) groups is 2. The topological polar surface area (TPSA) is 102 Å². The molecular weight excluding hydrogens is 570 g/mol. The first-order chi connectivity index (χ1) is 16.3. The van der Waals surface area contributed by atoms with E-state index >= 15 is 0 Å². The van der Waals surface area contributed by atoms with Gasteiger partial charge in [-0.3, -0.25) is 19.7 Å². The third-order valence-corrected chi connectivity index (χ3v) is 7.79. The van der Waals surface area contributed by atoms with E-state index in [2.05, 4.69) is 49.1 Å². The number of halogens is 2. The van der Waals surface area contributed by atoms with Crippen molar-refractivity contribution in [3.63, 3.8) is 0 Å². The van der Waals surface area contributed by atoms with E-state index in [-0.39, 0.29) is 47.8 Å². The number of ether oxygens (including phenoxy) is 1. The molecule has 0 spiro atoms. The number of hydrogen-bond acceptors (Lipinski definition) is 6. The van der Waals surface area contributed by atoms with E-state index in [1.165, 1.54) is 18.3 Å². The molecule has 2 fully saturated rings. The van der Waals surface area contributed by atoms with Crippen molar-refractivity contribution in [3.8, 4) is 5.75 Å². The molecule has 1 aliphatic heterocycles. The SMILES string of the molecule is O=C1[C@@H]2[C@@H](C(=O)N1/N=C\c1cc(Br)c(OCc3ccc([N+](=O)[O-])cc3)c(Br)c1)[C@H]1C=C[C@H]2CC1. The zero-order valence-corrected chi connectivity index (χ0v) is 20.9. The zero-order valence-electron chi connectivity index (χ0n) is 17.8. The van der Waals surface area contributed by atoms with Crippen molar-refractivity contribution in [1.82, 2.24) is 5.01 Å². The number of allylic oxidation sites excluding steroid dienone is 2. The summed E-state index contributed by atoms with van der Waals surface area (Å²) in [5.74, 6) is -0.205. The summed E-state index contributed by atoms with van der Waals surface area (Å²) in [6.45, 7) is 0.221. The summed E-state index contributed by atoms with van der Waals surface area (Å²) in [7, 11) is 0. The molecule has 0 unspecified atom stereocenters. The van der Waals surface area contributed by atoms with Crippen LogP contribution in [0.1, 0.15) is 24.0 Å². The van der Waals surface area contributed by atoms with Crippen LogP contribution in [0.3, 0.4) is 0 Å². The minimum absolute atomic E-state index is 0.0212. The number of imide groups is 1. The second-order valence-corrected chi connectivity index (χ2v) is 10.3. The Morgan fingerprint density at radius 2 is 1.59 bits per heavy atom. The molecule has 10 heteroatoms. The Morgan fingerprint density at radius 1 is 1.03 bits per heavy atom. The predicted molar refractivity (Wildman–Crippen MR) is 131 cm³/mol. The van der Waals surface area contributed by atoms with Crippen LogP contribution in [0.25, 0.3) is 0 Å². The molecule has 34 heavy (non-hydrogen) atoms. The third-order valence-electron chi connectivity index (χ3n) is 6.61. The van der Waals surface area contributed by atoms with Gasteiger partial charge in [-0.15, -0.1) is 0 Å². The highest BCUT2D eigenvalue weighted by atomic mass is 79.9. The average molecular weight is 589 g/mol. The largest absolute Gasteiger partial charge is 0.487 e. The zero-order chi connectivity index (χ0) is 24.0. The fourth-order valence-corrected chi connectivity index (χ4v) is 6.41. The van der Waals surface area contributed by atoms with Crippen molar-refractivity contribution in [2.45, 2.75) is 19.4 Å². The summed E-state index contributed by atoms with van der Waals surface area (Å²) in [5.41, 5.74) is 1.48. The maximum Gasteiger partial charge on any atom is 0.269 e. The number of hydrazone groups is 1. The number of nitrogens with zero attached hydrogens (tertiary/aromatic N) is 3. The summed E-state index contributed by atoms with van der Waals surface area (Å²) in [5, 5.41) is 16.1. The summed E-state index contributed by atoms with van der Waals surface area (Å²) < 4.78 is 7.19. The highest BCUT2D eigenvalue weighted by Gasteiger charge is 2.56. The van der Waals surface area contributed by atoms with Gasteiger partial charge in [0.2, 0.25) is 0 Å². The van der Waals surface area contributed by atoms with Gasteiger partial charge in [0.1, 0.15) is 12.4 Å². The van der Waals surface area contributed by atoms with E-state index in [1.807, 2.05) is 0 Å². The van der Waals surface area contributed by atoms with E-state index in [0.29, 0.717) is 20.3 Å². The maximum absolute atomic E-state index is 12.9. The van der Waals surface area contributed by atoms with Crippen LogP contribution < -0.4 is 4.74 Å². The number of carbonyl (C=O) groups excluding carboxylic acids is 2. The van der Waals surface area contributed by atoms with Gasteiger partial charge in [0.15, 0.2) is 0 Å². The van der Waals surface area contributed by atoms with Gasteiger partial charge in [0.05, 0.1) is 31.9 Å². The molecule has 2 bridgehead atoms. The Hall–Kier alpha value is -2.85. The van der Waals surface area contributed by atoms with Crippen LogP contribution in [0, 0.1) is 33.8 Å². The van der Waals surface area contributed by atoms with Crippen molar-refractivity contribution >= 4 is 55.6 Å². The fourth-order valence-electron chi connectivity index (χ4n) is 4.96. The van der Waals surface area contributed by atoms with Crippen LogP contribution >= 0.6 is 31.9 Å². The predicted octanol–water partition coefficient (Wildman–Crippen LogP) is 5.23. The summed E-state index contributed by atoms with van der Waals surface area (Å²) in [6, 6.07) is 9.71.